The quantitative estimate of drug-likeness (QED) is 0.874. The van der Waals surface area contributed by atoms with Crippen LogP contribution in [0, 0.1) is 20.8 Å². The number of benzene rings is 2. The molecule has 23 heavy (non-hydrogen) atoms. The lowest BCUT2D eigenvalue weighted by molar-refractivity contribution is -0.123. The Morgan fingerprint density at radius 2 is 1.70 bits per heavy atom. The number of carbonyl (C=O) groups excluding carboxylic acids is 2. The Hall–Kier alpha value is -2.62. The van der Waals surface area contributed by atoms with E-state index in [9.17, 15) is 9.59 Å². The van der Waals surface area contributed by atoms with Gasteiger partial charge in [0, 0.05) is 5.69 Å². The summed E-state index contributed by atoms with van der Waals surface area (Å²) in [5.41, 5.74) is 3.95. The van der Waals surface area contributed by atoms with Gasteiger partial charge in [-0.15, -0.1) is 0 Å². The van der Waals surface area contributed by atoms with E-state index in [0.29, 0.717) is 11.3 Å². The van der Waals surface area contributed by atoms with E-state index >= 15 is 0 Å². The molecule has 0 unspecified atom stereocenters. The van der Waals surface area contributed by atoms with Crippen molar-refractivity contribution in [1.82, 2.24) is 0 Å². The average molecular weight is 311 g/mol. The van der Waals surface area contributed by atoms with E-state index in [1.807, 2.05) is 57.2 Å². The van der Waals surface area contributed by atoms with Crippen LogP contribution < -0.4 is 5.32 Å². The summed E-state index contributed by atoms with van der Waals surface area (Å²) >= 11 is 0. The standard InChI is InChI=1S/C19H21NO3/c1-12-9-10-13(2)16(11-12)19(22)23-15(4)18(21)20-17-8-6-5-7-14(17)3/h5-11,15H,1-4H3,(H,20,21)/t15-/m1/s1. The summed E-state index contributed by atoms with van der Waals surface area (Å²) in [6.07, 6.45) is -0.873. The van der Waals surface area contributed by atoms with Crippen LogP contribution in [-0.4, -0.2) is 18.0 Å². The zero-order valence-corrected chi connectivity index (χ0v) is 13.8. The monoisotopic (exact) mass is 311 g/mol. The number of para-hydroxylation sites is 1. The zero-order valence-electron chi connectivity index (χ0n) is 13.8. The van der Waals surface area contributed by atoms with Gasteiger partial charge in [0.1, 0.15) is 0 Å². The minimum atomic E-state index is -0.873. The maximum absolute atomic E-state index is 12.2. The summed E-state index contributed by atoms with van der Waals surface area (Å²) in [4.78, 5) is 24.4. The van der Waals surface area contributed by atoms with Crippen molar-refractivity contribution in [2.45, 2.75) is 33.8 Å². The first kappa shape index (κ1) is 16.7. The van der Waals surface area contributed by atoms with Gasteiger partial charge < -0.3 is 10.1 Å². The number of ether oxygens (including phenoxy) is 1. The van der Waals surface area contributed by atoms with Crippen molar-refractivity contribution in [2.75, 3.05) is 5.32 Å². The summed E-state index contributed by atoms with van der Waals surface area (Å²) in [5, 5.41) is 2.78. The number of esters is 1. The molecule has 2 rings (SSSR count). The minimum Gasteiger partial charge on any atom is -0.449 e. The second kappa shape index (κ2) is 7.09. The Morgan fingerprint density at radius 1 is 1.00 bits per heavy atom. The highest BCUT2D eigenvalue weighted by atomic mass is 16.5. The molecule has 0 aliphatic rings. The predicted octanol–water partition coefficient (Wildman–Crippen LogP) is 3.80. The Bertz CT molecular complexity index is 737. The van der Waals surface area contributed by atoms with Gasteiger partial charge >= 0.3 is 5.97 Å². The van der Waals surface area contributed by atoms with Gasteiger partial charge in [0.2, 0.25) is 0 Å². The molecule has 0 saturated carbocycles. The SMILES string of the molecule is Cc1ccc(C)c(C(=O)O[C@H](C)C(=O)Nc2ccccc2C)c1. The molecule has 1 N–H and O–H groups in total. The number of amides is 1. The van der Waals surface area contributed by atoms with Gasteiger partial charge in [-0.25, -0.2) is 4.79 Å². The largest absolute Gasteiger partial charge is 0.449 e. The first-order valence-electron chi connectivity index (χ1n) is 7.53. The summed E-state index contributed by atoms with van der Waals surface area (Å²) < 4.78 is 5.30. The number of anilines is 1. The van der Waals surface area contributed by atoms with Crippen molar-refractivity contribution < 1.29 is 14.3 Å². The predicted molar refractivity (Wildman–Crippen MR) is 90.6 cm³/mol. The highest BCUT2D eigenvalue weighted by molar-refractivity contribution is 5.98. The van der Waals surface area contributed by atoms with E-state index in [2.05, 4.69) is 5.32 Å². The van der Waals surface area contributed by atoms with Crippen LogP contribution in [0.3, 0.4) is 0 Å². The van der Waals surface area contributed by atoms with E-state index in [-0.39, 0.29) is 5.91 Å². The van der Waals surface area contributed by atoms with Crippen molar-refractivity contribution in [3.8, 4) is 0 Å². The fourth-order valence-electron chi connectivity index (χ4n) is 2.18. The van der Waals surface area contributed by atoms with Gasteiger partial charge in [-0.2, -0.15) is 0 Å². The highest BCUT2D eigenvalue weighted by Crippen LogP contribution is 2.16. The summed E-state index contributed by atoms with van der Waals surface area (Å²) in [7, 11) is 0. The van der Waals surface area contributed by atoms with Gasteiger partial charge in [0.15, 0.2) is 6.10 Å². The molecule has 120 valence electrons. The van der Waals surface area contributed by atoms with Crippen LogP contribution in [0.4, 0.5) is 5.69 Å². The molecule has 0 heterocycles. The lowest BCUT2D eigenvalue weighted by Gasteiger charge is -2.15. The van der Waals surface area contributed by atoms with Crippen molar-refractivity contribution >= 4 is 17.6 Å². The lowest BCUT2D eigenvalue weighted by Crippen LogP contribution is -2.30. The normalized spacial score (nSPS) is 11.7. The van der Waals surface area contributed by atoms with Gasteiger partial charge in [0.25, 0.3) is 5.91 Å². The van der Waals surface area contributed by atoms with E-state index < -0.39 is 12.1 Å². The van der Waals surface area contributed by atoms with E-state index in [1.54, 1.807) is 13.0 Å². The molecule has 4 heteroatoms. The third-order valence-electron chi connectivity index (χ3n) is 3.67. The molecular formula is C19H21NO3. The molecule has 0 spiro atoms. The molecular weight excluding hydrogens is 290 g/mol. The van der Waals surface area contributed by atoms with Crippen LogP contribution in [0.5, 0.6) is 0 Å². The maximum Gasteiger partial charge on any atom is 0.339 e. The van der Waals surface area contributed by atoms with Gasteiger partial charge in [-0.05, 0) is 51.0 Å². The molecule has 0 saturated heterocycles. The molecule has 0 aromatic heterocycles. The number of carbonyl (C=O) groups is 2. The summed E-state index contributed by atoms with van der Waals surface area (Å²) in [5.74, 6) is -0.836. The van der Waals surface area contributed by atoms with Gasteiger partial charge in [-0.3, -0.25) is 4.79 Å². The first-order valence-corrected chi connectivity index (χ1v) is 7.53. The van der Waals surface area contributed by atoms with Crippen LogP contribution in [0.1, 0.15) is 34.0 Å². The van der Waals surface area contributed by atoms with Crippen molar-refractivity contribution in [3.63, 3.8) is 0 Å². The van der Waals surface area contributed by atoms with Crippen LogP contribution in [0.25, 0.3) is 0 Å². The lowest BCUT2D eigenvalue weighted by atomic mass is 10.1. The highest BCUT2D eigenvalue weighted by Gasteiger charge is 2.20. The van der Waals surface area contributed by atoms with Gasteiger partial charge in [-0.1, -0.05) is 35.9 Å². The zero-order chi connectivity index (χ0) is 17.0. The minimum absolute atomic E-state index is 0.349. The third kappa shape index (κ3) is 4.19. The smallest absolute Gasteiger partial charge is 0.339 e. The van der Waals surface area contributed by atoms with E-state index in [1.165, 1.54) is 0 Å². The molecule has 0 aliphatic carbocycles. The molecule has 0 aliphatic heterocycles. The third-order valence-corrected chi connectivity index (χ3v) is 3.67. The van der Waals surface area contributed by atoms with E-state index in [0.717, 1.165) is 16.7 Å². The van der Waals surface area contributed by atoms with Gasteiger partial charge in [0.05, 0.1) is 5.56 Å². The number of nitrogens with one attached hydrogen (secondary N) is 1. The van der Waals surface area contributed by atoms with Crippen molar-refractivity contribution in [3.05, 3.63) is 64.7 Å². The average Bonchev–Trinajstić information content (AvgIpc) is 2.51. The second-order valence-corrected chi connectivity index (χ2v) is 5.67. The van der Waals surface area contributed by atoms with Crippen LogP contribution >= 0.6 is 0 Å². The first-order chi connectivity index (χ1) is 10.9. The van der Waals surface area contributed by atoms with Crippen LogP contribution in [-0.2, 0) is 9.53 Å². The Morgan fingerprint density at radius 3 is 2.39 bits per heavy atom. The second-order valence-electron chi connectivity index (χ2n) is 5.67. The molecule has 2 aromatic carbocycles. The maximum atomic E-state index is 12.2. The number of rotatable bonds is 4. The molecule has 0 fully saturated rings. The Kier molecular flexibility index (Phi) is 5.16. The Balaban J connectivity index is 2.05. The fraction of sp³-hybridized carbons (Fsp3) is 0.263. The topological polar surface area (TPSA) is 55.4 Å². The van der Waals surface area contributed by atoms with Crippen molar-refractivity contribution in [1.29, 1.82) is 0 Å². The number of aryl methyl sites for hydroxylation is 3. The molecule has 4 nitrogen and oxygen atoms in total. The summed E-state index contributed by atoms with van der Waals surface area (Å²) in [6, 6.07) is 13.0. The van der Waals surface area contributed by atoms with E-state index in [4.69, 9.17) is 4.74 Å². The number of hydrogen-bond acceptors (Lipinski definition) is 3. The molecule has 1 atom stereocenters. The molecule has 1 amide bonds. The fourth-order valence-corrected chi connectivity index (χ4v) is 2.18. The number of hydrogen-bond donors (Lipinski definition) is 1. The van der Waals surface area contributed by atoms with Crippen LogP contribution in [0.15, 0.2) is 42.5 Å². The Labute approximate surface area is 136 Å². The van der Waals surface area contributed by atoms with Crippen molar-refractivity contribution in [2.24, 2.45) is 0 Å². The molecule has 0 bridgehead atoms. The molecule has 0 radical (unpaired) electrons. The molecule has 2 aromatic rings. The summed E-state index contributed by atoms with van der Waals surface area (Å²) in [6.45, 7) is 7.22. The van der Waals surface area contributed by atoms with Crippen LogP contribution in [0.2, 0.25) is 0 Å².